The molecule has 0 bridgehead atoms. The van der Waals surface area contributed by atoms with Crippen LogP contribution in [-0.4, -0.2) is 95.7 Å². The summed E-state index contributed by atoms with van der Waals surface area (Å²) >= 11 is 0. The number of rotatable bonds is 7. The van der Waals surface area contributed by atoms with Crippen molar-refractivity contribution in [3.05, 3.63) is 107 Å². The molecular weight excluding hydrogens is 731 g/mol. The van der Waals surface area contributed by atoms with Crippen molar-refractivity contribution in [2.75, 3.05) is 55.7 Å². The van der Waals surface area contributed by atoms with Crippen LogP contribution in [0.2, 0.25) is 0 Å². The average Bonchev–Trinajstić information content (AvgIpc) is 3.24. The third kappa shape index (κ3) is 7.05. The number of fused-ring (bicyclic) bond motifs is 4. The lowest BCUT2D eigenvalue weighted by Crippen LogP contribution is -2.59. The number of piperazine rings is 1. The number of hydrogen-bond donors (Lipinski definition) is 3. The lowest BCUT2D eigenvalue weighted by atomic mass is 9.57. The number of aryl methyl sites for hydroxylation is 1. The number of hydrogen-bond acceptors (Lipinski definition) is 10. The highest BCUT2D eigenvalue weighted by molar-refractivity contribution is 6.03. The van der Waals surface area contributed by atoms with E-state index in [9.17, 15) is 19.5 Å². The fourth-order valence-corrected chi connectivity index (χ4v) is 11.0. The topological polar surface area (TPSA) is 140 Å². The highest BCUT2D eigenvalue weighted by atomic mass is 16.5. The number of nitrogens with one attached hydrogen (secondary N) is 2. The van der Waals surface area contributed by atoms with Gasteiger partial charge in [0, 0.05) is 57.8 Å². The number of phenolic OH excluding ortho intramolecular Hbond substituents is 1. The first-order valence-electron chi connectivity index (χ1n) is 21.1. The van der Waals surface area contributed by atoms with Gasteiger partial charge >= 0.3 is 0 Å². The number of piperidine rings is 2. The Labute approximate surface area is 339 Å². The lowest BCUT2D eigenvalue weighted by molar-refractivity contribution is -0.134. The van der Waals surface area contributed by atoms with Crippen LogP contribution < -0.4 is 25.2 Å². The second-order valence-electron chi connectivity index (χ2n) is 17.5. The molecule has 4 aliphatic heterocycles. The molecule has 2 aliphatic carbocycles. The van der Waals surface area contributed by atoms with Crippen LogP contribution in [0.3, 0.4) is 0 Å². The van der Waals surface area contributed by atoms with Crippen LogP contribution in [0.5, 0.6) is 11.6 Å². The predicted octanol–water partition coefficient (Wildman–Crippen LogP) is 5.16. The molecule has 1 saturated carbocycles. The van der Waals surface area contributed by atoms with Gasteiger partial charge in [-0.2, -0.15) is 0 Å². The number of carbonyl (C=O) groups excluding carboxylic acids is 3. The summed E-state index contributed by atoms with van der Waals surface area (Å²) in [7, 11) is 0. The lowest BCUT2D eigenvalue weighted by Gasteiger charge is -2.54. The molecule has 6 aliphatic rings. The SMILES string of the molecule is O=C1CC[C@H](NC(=O)c2ccc3c(n2)OC[C@H]2CN(CC4CC5(CCN(c6ccc([C@@H]7c8ccc(O)cc8CC[C@@H]7c7ccccc7)cn6)CC5)C4)CCN32)C(=O)N1. The molecule has 1 spiro atoms. The van der Waals surface area contributed by atoms with E-state index >= 15 is 0 Å². The summed E-state index contributed by atoms with van der Waals surface area (Å²) in [6.45, 7) is 6.53. The third-order valence-electron chi connectivity index (χ3n) is 14.0. The predicted molar refractivity (Wildman–Crippen MR) is 219 cm³/mol. The number of phenols is 1. The molecule has 3 N–H and O–H groups in total. The zero-order chi connectivity index (χ0) is 39.4. The molecule has 300 valence electrons. The molecule has 6 heterocycles. The number of imide groups is 1. The van der Waals surface area contributed by atoms with Gasteiger partial charge in [0.25, 0.3) is 5.91 Å². The van der Waals surface area contributed by atoms with E-state index in [0.29, 0.717) is 29.6 Å². The summed E-state index contributed by atoms with van der Waals surface area (Å²) in [6.07, 6.45) is 9.60. The maximum atomic E-state index is 12.9. The van der Waals surface area contributed by atoms with E-state index in [4.69, 9.17) is 9.72 Å². The van der Waals surface area contributed by atoms with Crippen molar-refractivity contribution in [3.63, 3.8) is 0 Å². The molecular formula is C46H51N7O5. The Bertz CT molecular complexity index is 2200. The van der Waals surface area contributed by atoms with E-state index in [-0.39, 0.29) is 36.4 Å². The summed E-state index contributed by atoms with van der Waals surface area (Å²) in [6, 6.07) is 24.3. The van der Waals surface area contributed by atoms with Crippen molar-refractivity contribution in [2.24, 2.45) is 11.3 Å². The standard InChI is InChI=1S/C46H51N7O5/c54-34-8-10-36-31(22-34)6-9-35(30-4-2-1-3-5-30)42(36)32-7-14-40(47-25-32)52-18-16-46(17-19-52)23-29(24-46)26-51-20-21-53-33(27-51)28-58-45-39(53)13-11-38(49-45)43(56)48-37-12-15-41(55)50-44(37)57/h1-5,7-8,10-11,13-14,22,25,29,33,35,37,42,54H,6,9,12,15-21,23-24,26-28H2,(H,48,56)(H,50,55,57)/t33-,35-,37+,42+/m1/s1. The molecule has 12 heteroatoms. The Balaban J connectivity index is 0.712. The van der Waals surface area contributed by atoms with Crippen molar-refractivity contribution in [2.45, 2.75) is 75.3 Å². The Morgan fingerprint density at radius 3 is 2.57 bits per heavy atom. The molecule has 3 saturated heterocycles. The molecule has 2 aromatic carbocycles. The van der Waals surface area contributed by atoms with Crippen LogP contribution in [0.4, 0.5) is 11.5 Å². The van der Waals surface area contributed by atoms with Gasteiger partial charge in [0.05, 0.1) is 6.04 Å². The van der Waals surface area contributed by atoms with E-state index in [2.05, 4.69) is 85.0 Å². The second kappa shape index (κ2) is 15.0. The molecule has 4 aromatic rings. The van der Waals surface area contributed by atoms with Gasteiger partial charge < -0.3 is 25.0 Å². The molecule has 4 atom stereocenters. The van der Waals surface area contributed by atoms with Crippen molar-refractivity contribution < 1.29 is 24.2 Å². The summed E-state index contributed by atoms with van der Waals surface area (Å²) in [5, 5.41) is 15.2. The first-order valence-corrected chi connectivity index (χ1v) is 21.1. The number of carbonyl (C=O) groups is 3. The Morgan fingerprint density at radius 2 is 1.78 bits per heavy atom. The summed E-state index contributed by atoms with van der Waals surface area (Å²) < 4.78 is 6.12. The number of aromatic hydroxyl groups is 1. The van der Waals surface area contributed by atoms with E-state index in [1.807, 2.05) is 18.2 Å². The normalized spacial score (nSPS) is 25.4. The Kier molecular flexibility index (Phi) is 9.54. The molecule has 12 nitrogen and oxygen atoms in total. The fourth-order valence-electron chi connectivity index (χ4n) is 11.0. The Hall–Kier alpha value is -5.49. The average molecular weight is 782 g/mol. The summed E-state index contributed by atoms with van der Waals surface area (Å²) in [5.41, 5.74) is 6.69. The number of amides is 3. The van der Waals surface area contributed by atoms with E-state index in [1.165, 1.54) is 47.9 Å². The van der Waals surface area contributed by atoms with Gasteiger partial charge in [-0.25, -0.2) is 9.97 Å². The molecule has 58 heavy (non-hydrogen) atoms. The summed E-state index contributed by atoms with van der Waals surface area (Å²) in [5.74, 6) is 1.89. The van der Waals surface area contributed by atoms with Gasteiger partial charge in [-0.3, -0.25) is 24.6 Å². The molecule has 3 amide bonds. The number of aromatic nitrogens is 2. The van der Waals surface area contributed by atoms with Gasteiger partial charge in [-0.1, -0.05) is 42.5 Å². The van der Waals surface area contributed by atoms with Crippen molar-refractivity contribution in [1.29, 1.82) is 0 Å². The number of anilines is 2. The van der Waals surface area contributed by atoms with E-state index in [1.54, 1.807) is 6.07 Å². The van der Waals surface area contributed by atoms with Gasteiger partial charge in [-0.05, 0) is 115 Å². The summed E-state index contributed by atoms with van der Waals surface area (Å²) in [4.78, 5) is 53.5. The zero-order valence-corrected chi connectivity index (χ0v) is 32.8. The Morgan fingerprint density at radius 1 is 0.931 bits per heavy atom. The van der Waals surface area contributed by atoms with Crippen LogP contribution in [0.1, 0.15) is 89.5 Å². The molecule has 0 unspecified atom stereocenters. The van der Waals surface area contributed by atoms with Crippen molar-refractivity contribution in [1.82, 2.24) is 25.5 Å². The van der Waals surface area contributed by atoms with Crippen LogP contribution >= 0.6 is 0 Å². The molecule has 10 rings (SSSR count). The quantitative estimate of drug-likeness (QED) is 0.216. The van der Waals surface area contributed by atoms with Crippen LogP contribution in [0, 0.1) is 11.3 Å². The molecule has 2 aromatic heterocycles. The van der Waals surface area contributed by atoms with E-state index < -0.39 is 17.9 Å². The minimum Gasteiger partial charge on any atom is -0.508 e. The first kappa shape index (κ1) is 36.8. The monoisotopic (exact) mass is 781 g/mol. The van der Waals surface area contributed by atoms with Gasteiger partial charge in [0.1, 0.15) is 35.6 Å². The van der Waals surface area contributed by atoms with Crippen LogP contribution in [0.25, 0.3) is 0 Å². The highest BCUT2D eigenvalue weighted by Gasteiger charge is 2.47. The number of benzene rings is 2. The third-order valence-corrected chi connectivity index (χ3v) is 14.0. The minimum atomic E-state index is -0.750. The van der Waals surface area contributed by atoms with Crippen molar-refractivity contribution in [3.8, 4) is 11.6 Å². The van der Waals surface area contributed by atoms with Gasteiger partial charge in [-0.15, -0.1) is 0 Å². The first-order chi connectivity index (χ1) is 28.3. The zero-order valence-electron chi connectivity index (χ0n) is 32.8. The minimum absolute atomic E-state index is 0.195. The smallest absolute Gasteiger partial charge is 0.270 e. The van der Waals surface area contributed by atoms with Gasteiger partial charge in [0.15, 0.2) is 0 Å². The maximum absolute atomic E-state index is 12.9. The molecule has 4 fully saturated rings. The second-order valence-corrected chi connectivity index (χ2v) is 17.5. The molecule has 0 radical (unpaired) electrons. The van der Waals surface area contributed by atoms with E-state index in [0.717, 1.165) is 69.5 Å². The van der Waals surface area contributed by atoms with Crippen LogP contribution in [-0.2, 0) is 16.0 Å². The maximum Gasteiger partial charge on any atom is 0.270 e. The van der Waals surface area contributed by atoms with Crippen molar-refractivity contribution >= 4 is 29.2 Å². The largest absolute Gasteiger partial charge is 0.508 e. The number of nitrogens with zero attached hydrogens (tertiary/aromatic N) is 5. The van der Waals surface area contributed by atoms with Gasteiger partial charge in [0.2, 0.25) is 17.7 Å². The van der Waals surface area contributed by atoms with Crippen LogP contribution in [0.15, 0.2) is 79.0 Å². The highest BCUT2D eigenvalue weighted by Crippen LogP contribution is 2.53. The fraction of sp³-hybridized carbons (Fsp3) is 0.457. The number of pyridine rings is 2. The number of ether oxygens (including phenoxy) is 1.